The minimum Gasteiger partial charge on any atom is -0.480 e. The SMILES string of the molecule is C#CCNC(C)(Cc1ccccc1F)C(=O)O. The Morgan fingerprint density at radius 3 is 2.76 bits per heavy atom. The summed E-state index contributed by atoms with van der Waals surface area (Å²) in [6, 6.07) is 6.10. The number of halogens is 1. The zero-order chi connectivity index (χ0) is 12.9. The van der Waals surface area contributed by atoms with Crippen LogP contribution in [0.4, 0.5) is 4.39 Å². The number of hydrogen-bond donors (Lipinski definition) is 2. The first-order valence-corrected chi connectivity index (χ1v) is 5.15. The minimum atomic E-state index is -1.27. The summed E-state index contributed by atoms with van der Waals surface area (Å²) in [4.78, 5) is 11.2. The lowest BCUT2D eigenvalue weighted by atomic mass is 9.92. The summed E-state index contributed by atoms with van der Waals surface area (Å²) in [5.41, 5.74) is -0.920. The van der Waals surface area contributed by atoms with Crippen molar-refractivity contribution < 1.29 is 14.3 Å². The van der Waals surface area contributed by atoms with E-state index in [9.17, 15) is 9.18 Å². The Morgan fingerprint density at radius 2 is 2.24 bits per heavy atom. The van der Waals surface area contributed by atoms with Gasteiger partial charge in [-0.05, 0) is 18.6 Å². The molecule has 0 saturated heterocycles. The third-order valence-electron chi connectivity index (χ3n) is 2.55. The average Bonchev–Trinajstić information content (AvgIpc) is 2.29. The van der Waals surface area contributed by atoms with E-state index in [1.807, 2.05) is 0 Å². The number of nitrogens with one attached hydrogen (secondary N) is 1. The molecule has 0 amide bonds. The summed E-state index contributed by atoms with van der Waals surface area (Å²) in [6.45, 7) is 1.61. The van der Waals surface area contributed by atoms with E-state index in [0.29, 0.717) is 5.56 Å². The Hall–Kier alpha value is -1.86. The van der Waals surface area contributed by atoms with Gasteiger partial charge in [0.05, 0.1) is 6.54 Å². The summed E-state index contributed by atoms with van der Waals surface area (Å²) < 4.78 is 13.4. The molecule has 4 heteroatoms. The molecule has 0 aliphatic carbocycles. The van der Waals surface area contributed by atoms with E-state index >= 15 is 0 Å². The molecule has 0 aliphatic heterocycles. The van der Waals surface area contributed by atoms with Gasteiger partial charge >= 0.3 is 5.97 Å². The van der Waals surface area contributed by atoms with Crippen molar-refractivity contribution in [3.8, 4) is 12.3 Å². The number of carboxylic acids is 1. The normalized spacial score (nSPS) is 13.7. The highest BCUT2D eigenvalue weighted by atomic mass is 19.1. The van der Waals surface area contributed by atoms with Crippen molar-refractivity contribution in [3.05, 3.63) is 35.6 Å². The van der Waals surface area contributed by atoms with Gasteiger partial charge in [0.1, 0.15) is 11.4 Å². The van der Waals surface area contributed by atoms with Crippen LogP contribution in [-0.4, -0.2) is 23.2 Å². The maximum atomic E-state index is 13.4. The van der Waals surface area contributed by atoms with E-state index in [0.717, 1.165) is 0 Å². The molecule has 0 saturated carbocycles. The van der Waals surface area contributed by atoms with Crippen LogP contribution < -0.4 is 5.32 Å². The van der Waals surface area contributed by atoms with Crippen LogP contribution >= 0.6 is 0 Å². The molecule has 0 fully saturated rings. The molecular formula is C13H14FNO2. The maximum Gasteiger partial charge on any atom is 0.323 e. The van der Waals surface area contributed by atoms with Crippen LogP contribution in [0.2, 0.25) is 0 Å². The second-order valence-corrected chi connectivity index (χ2v) is 3.96. The lowest BCUT2D eigenvalue weighted by Gasteiger charge is -2.25. The van der Waals surface area contributed by atoms with Gasteiger partial charge in [-0.15, -0.1) is 6.42 Å². The quantitative estimate of drug-likeness (QED) is 0.759. The summed E-state index contributed by atoms with van der Waals surface area (Å²) in [6.07, 6.45) is 5.12. The predicted octanol–water partition coefficient (Wildman–Crippen LogP) is 1.43. The molecule has 0 aliphatic rings. The number of rotatable bonds is 5. The fourth-order valence-electron chi connectivity index (χ4n) is 1.48. The fourth-order valence-corrected chi connectivity index (χ4v) is 1.48. The highest BCUT2D eigenvalue weighted by Gasteiger charge is 2.33. The molecule has 17 heavy (non-hydrogen) atoms. The van der Waals surface area contributed by atoms with E-state index < -0.39 is 17.3 Å². The summed E-state index contributed by atoms with van der Waals surface area (Å²) in [7, 11) is 0. The molecule has 1 aromatic rings. The molecular weight excluding hydrogens is 221 g/mol. The van der Waals surface area contributed by atoms with Gasteiger partial charge in [-0.1, -0.05) is 24.1 Å². The fraction of sp³-hybridized carbons (Fsp3) is 0.308. The third-order valence-corrected chi connectivity index (χ3v) is 2.55. The second kappa shape index (κ2) is 5.46. The summed E-state index contributed by atoms with van der Waals surface area (Å²) in [5, 5.41) is 11.9. The topological polar surface area (TPSA) is 49.3 Å². The molecule has 0 heterocycles. The standard InChI is InChI=1S/C13H14FNO2/c1-3-8-15-13(2,12(16)17)9-10-6-4-5-7-11(10)14/h1,4-7,15H,8-9H2,2H3,(H,16,17). The second-order valence-electron chi connectivity index (χ2n) is 3.96. The first-order valence-electron chi connectivity index (χ1n) is 5.15. The lowest BCUT2D eigenvalue weighted by Crippen LogP contribution is -2.51. The molecule has 1 atom stereocenters. The zero-order valence-electron chi connectivity index (χ0n) is 9.53. The molecule has 0 bridgehead atoms. The van der Waals surface area contributed by atoms with Gasteiger partial charge in [-0.2, -0.15) is 0 Å². The smallest absolute Gasteiger partial charge is 0.323 e. The molecule has 0 spiro atoms. The maximum absolute atomic E-state index is 13.4. The summed E-state index contributed by atoms with van der Waals surface area (Å²) >= 11 is 0. The number of aliphatic carboxylic acids is 1. The molecule has 0 aromatic heterocycles. The van der Waals surface area contributed by atoms with E-state index in [1.54, 1.807) is 18.2 Å². The van der Waals surface area contributed by atoms with Gasteiger partial charge < -0.3 is 5.11 Å². The van der Waals surface area contributed by atoms with Crippen LogP contribution in [0.1, 0.15) is 12.5 Å². The van der Waals surface area contributed by atoms with E-state index in [4.69, 9.17) is 11.5 Å². The van der Waals surface area contributed by atoms with Gasteiger partial charge in [-0.3, -0.25) is 10.1 Å². The Kier molecular flexibility index (Phi) is 4.24. The largest absolute Gasteiger partial charge is 0.480 e. The van der Waals surface area contributed by atoms with Gasteiger partial charge in [-0.25, -0.2) is 4.39 Å². The van der Waals surface area contributed by atoms with E-state index in [1.165, 1.54) is 13.0 Å². The predicted molar refractivity (Wildman–Crippen MR) is 63.0 cm³/mol. The third kappa shape index (κ3) is 3.30. The van der Waals surface area contributed by atoms with Crippen molar-refractivity contribution in [3.63, 3.8) is 0 Å². The van der Waals surface area contributed by atoms with Crippen molar-refractivity contribution in [2.75, 3.05) is 6.54 Å². The first-order chi connectivity index (χ1) is 7.99. The number of carbonyl (C=O) groups is 1. The molecule has 2 N–H and O–H groups in total. The highest BCUT2D eigenvalue weighted by Crippen LogP contribution is 2.16. The van der Waals surface area contributed by atoms with Crippen molar-refractivity contribution in [1.82, 2.24) is 5.32 Å². The Labute approximate surface area is 99.7 Å². The number of carboxylic acid groups (broad SMARTS) is 1. The van der Waals surface area contributed by atoms with E-state index in [-0.39, 0.29) is 13.0 Å². The zero-order valence-corrected chi connectivity index (χ0v) is 9.53. The summed E-state index contributed by atoms with van der Waals surface area (Å²) in [5.74, 6) is 0.837. The molecule has 3 nitrogen and oxygen atoms in total. The molecule has 1 unspecified atom stereocenters. The van der Waals surface area contributed by atoms with Crippen LogP contribution in [-0.2, 0) is 11.2 Å². The monoisotopic (exact) mass is 235 g/mol. The molecule has 1 rings (SSSR count). The average molecular weight is 235 g/mol. The van der Waals surface area contributed by atoms with Gasteiger partial charge in [0, 0.05) is 6.42 Å². The van der Waals surface area contributed by atoms with E-state index in [2.05, 4.69) is 11.2 Å². The van der Waals surface area contributed by atoms with Gasteiger partial charge in [0.25, 0.3) is 0 Å². The number of benzene rings is 1. The Morgan fingerprint density at radius 1 is 1.59 bits per heavy atom. The lowest BCUT2D eigenvalue weighted by molar-refractivity contribution is -0.144. The Bertz CT molecular complexity index is 453. The number of terminal acetylenes is 1. The first kappa shape index (κ1) is 13.2. The van der Waals surface area contributed by atoms with Crippen molar-refractivity contribution in [2.45, 2.75) is 18.9 Å². The molecule has 0 radical (unpaired) electrons. The van der Waals surface area contributed by atoms with Crippen LogP contribution in [0.5, 0.6) is 0 Å². The van der Waals surface area contributed by atoms with Crippen LogP contribution in [0.25, 0.3) is 0 Å². The molecule has 1 aromatic carbocycles. The minimum absolute atomic E-state index is 0.0384. The molecule has 90 valence electrons. The van der Waals surface area contributed by atoms with Crippen molar-refractivity contribution in [2.24, 2.45) is 0 Å². The van der Waals surface area contributed by atoms with Gasteiger partial charge in [0.15, 0.2) is 0 Å². The number of hydrogen-bond acceptors (Lipinski definition) is 2. The van der Waals surface area contributed by atoms with Crippen molar-refractivity contribution >= 4 is 5.97 Å². The highest BCUT2D eigenvalue weighted by molar-refractivity contribution is 5.78. The van der Waals surface area contributed by atoms with Crippen LogP contribution in [0.15, 0.2) is 24.3 Å². The van der Waals surface area contributed by atoms with Crippen LogP contribution in [0, 0.1) is 18.2 Å². The Balaban J connectivity index is 2.92. The van der Waals surface area contributed by atoms with Gasteiger partial charge in [0.2, 0.25) is 0 Å². The van der Waals surface area contributed by atoms with Crippen LogP contribution in [0.3, 0.4) is 0 Å². The van der Waals surface area contributed by atoms with Crippen molar-refractivity contribution in [1.29, 1.82) is 0 Å².